The second kappa shape index (κ2) is 5.79. The molecule has 1 fully saturated rings. The maximum absolute atomic E-state index is 11.1. The predicted octanol–water partition coefficient (Wildman–Crippen LogP) is 4.36. The molecule has 0 aromatic heterocycles. The molecule has 0 spiro atoms. The Balaban J connectivity index is 2.05. The Bertz CT molecular complexity index is 434. The van der Waals surface area contributed by atoms with E-state index in [1.54, 1.807) is 0 Å². The molecule has 1 aliphatic carbocycles. The highest BCUT2D eigenvalue weighted by Gasteiger charge is 2.19. The lowest BCUT2D eigenvalue weighted by atomic mass is 9.91. The second-order valence-electron chi connectivity index (χ2n) is 5.28. The van der Waals surface area contributed by atoms with Crippen LogP contribution in [0.15, 0.2) is 23.1 Å². The molecule has 0 bridgehead atoms. The Hall–Kier alpha value is -0.960. The molecule has 0 saturated heterocycles. The Labute approximate surface area is 113 Å². The monoisotopic (exact) mass is 264 g/mol. The number of carbonyl (C=O) groups is 1. The van der Waals surface area contributed by atoms with Crippen LogP contribution in [0.2, 0.25) is 0 Å². The van der Waals surface area contributed by atoms with Gasteiger partial charge in [-0.1, -0.05) is 13.0 Å². The molecule has 1 aliphatic rings. The molecule has 0 atom stereocenters. The van der Waals surface area contributed by atoms with Crippen molar-refractivity contribution < 1.29 is 9.90 Å². The zero-order valence-electron chi connectivity index (χ0n) is 11.0. The van der Waals surface area contributed by atoms with Gasteiger partial charge in [0.2, 0.25) is 0 Å². The fourth-order valence-corrected chi connectivity index (χ4v) is 3.67. The van der Waals surface area contributed by atoms with E-state index in [4.69, 9.17) is 5.11 Å². The number of aromatic carboxylic acids is 1. The summed E-state index contributed by atoms with van der Waals surface area (Å²) in [4.78, 5) is 12.2. The number of rotatable bonds is 3. The van der Waals surface area contributed by atoms with Crippen LogP contribution >= 0.6 is 11.8 Å². The SMILES string of the molecule is Cc1ccc(SC2CCC(C)CC2)cc1C(=O)O. The summed E-state index contributed by atoms with van der Waals surface area (Å²) < 4.78 is 0. The Kier molecular flexibility index (Phi) is 4.33. The van der Waals surface area contributed by atoms with Gasteiger partial charge in [-0.25, -0.2) is 4.79 Å². The van der Waals surface area contributed by atoms with E-state index in [1.165, 1.54) is 25.7 Å². The first-order valence-electron chi connectivity index (χ1n) is 6.57. The molecule has 3 heteroatoms. The summed E-state index contributed by atoms with van der Waals surface area (Å²) in [7, 11) is 0. The second-order valence-corrected chi connectivity index (χ2v) is 6.66. The van der Waals surface area contributed by atoms with E-state index in [2.05, 4.69) is 6.92 Å². The molecule has 2 nitrogen and oxygen atoms in total. The molecular formula is C15H20O2S. The smallest absolute Gasteiger partial charge is 0.335 e. The number of thioether (sulfide) groups is 1. The number of benzene rings is 1. The number of carboxylic acid groups (broad SMARTS) is 1. The number of hydrogen-bond acceptors (Lipinski definition) is 2. The quantitative estimate of drug-likeness (QED) is 0.881. The molecular weight excluding hydrogens is 244 g/mol. The van der Waals surface area contributed by atoms with Gasteiger partial charge in [-0.2, -0.15) is 0 Å². The van der Waals surface area contributed by atoms with Gasteiger partial charge in [-0.05, 0) is 56.2 Å². The molecule has 0 amide bonds. The van der Waals surface area contributed by atoms with E-state index < -0.39 is 5.97 Å². The standard InChI is InChI=1S/C15H20O2S/c1-10-3-6-12(7-4-10)18-13-8-5-11(2)14(9-13)15(16)17/h5,8-10,12H,3-4,6-7H2,1-2H3,(H,16,17). The van der Waals surface area contributed by atoms with Crippen LogP contribution in [-0.2, 0) is 0 Å². The maximum atomic E-state index is 11.1. The molecule has 0 radical (unpaired) electrons. The lowest BCUT2D eigenvalue weighted by molar-refractivity contribution is 0.0696. The van der Waals surface area contributed by atoms with Crippen molar-refractivity contribution in [1.82, 2.24) is 0 Å². The van der Waals surface area contributed by atoms with E-state index in [1.807, 2.05) is 36.9 Å². The normalized spacial score (nSPS) is 23.9. The van der Waals surface area contributed by atoms with E-state index in [9.17, 15) is 4.79 Å². The minimum atomic E-state index is -0.827. The van der Waals surface area contributed by atoms with Crippen molar-refractivity contribution in [2.75, 3.05) is 0 Å². The molecule has 18 heavy (non-hydrogen) atoms. The summed E-state index contributed by atoms with van der Waals surface area (Å²) in [6, 6.07) is 5.78. The highest BCUT2D eigenvalue weighted by Crippen LogP contribution is 2.36. The van der Waals surface area contributed by atoms with Crippen molar-refractivity contribution in [3.8, 4) is 0 Å². The summed E-state index contributed by atoms with van der Waals surface area (Å²) in [6.45, 7) is 4.16. The van der Waals surface area contributed by atoms with Gasteiger partial charge in [-0.15, -0.1) is 11.8 Å². The molecule has 98 valence electrons. The third kappa shape index (κ3) is 3.29. The molecule has 0 heterocycles. The van der Waals surface area contributed by atoms with Crippen LogP contribution in [0.4, 0.5) is 0 Å². The summed E-state index contributed by atoms with van der Waals surface area (Å²) in [5.74, 6) is 0.0293. The largest absolute Gasteiger partial charge is 0.478 e. The van der Waals surface area contributed by atoms with E-state index >= 15 is 0 Å². The Morgan fingerprint density at radius 2 is 1.94 bits per heavy atom. The molecule has 2 rings (SSSR count). The van der Waals surface area contributed by atoms with Crippen LogP contribution < -0.4 is 0 Å². The van der Waals surface area contributed by atoms with Gasteiger partial charge < -0.3 is 5.11 Å². The molecule has 0 unspecified atom stereocenters. The fraction of sp³-hybridized carbons (Fsp3) is 0.533. The fourth-order valence-electron chi connectivity index (χ4n) is 2.44. The topological polar surface area (TPSA) is 37.3 Å². The first-order chi connectivity index (χ1) is 8.56. The first-order valence-corrected chi connectivity index (χ1v) is 7.45. The number of carboxylic acids is 1. The van der Waals surface area contributed by atoms with Crippen LogP contribution in [0.5, 0.6) is 0 Å². The molecule has 1 N–H and O–H groups in total. The first kappa shape index (κ1) is 13.5. The summed E-state index contributed by atoms with van der Waals surface area (Å²) in [5, 5.41) is 9.78. The van der Waals surface area contributed by atoms with Crippen LogP contribution in [0.25, 0.3) is 0 Å². The highest BCUT2D eigenvalue weighted by molar-refractivity contribution is 8.00. The van der Waals surface area contributed by atoms with Gasteiger partial charge in [0.05, 0.1) is 5.56 Å². The zero-order valence-corrected chi connectivity index (χ0v) is 11.8. The number of aryl methyl sites for hydroxylation is 1. The van der Waals surface area contributed by atoms with Gasteiger partial charge in [0.15, 0.2) is 0 Å². The lowest BCUT2D eigenvalue weighted by Gasteiger charge is -2.25. The van der Waals surface area contributed by atoms with E-state index in [-0.39, 0.29) is 0 Å². The average Bonchev–Trinajstić information content (AvgIpc) is 2.34. The van der Waals surface area contributed by atoms with Gasteiger partial charge in [0, 0.05) is 10.1 Å². The molecule has 1 saturated carbocycles. The minimum Gasteiger partial charge on any atom is -0.478 e. The molecule has 1 aromatic carbocycles. The van der Waals surface area contributed by atoms with Crippen LogP contribution in [-0.4, -0.2) is 16.3 Å². The van der Waals surface area contributed by atoms with Crippen LogP contribution in [0.1, 0.15) is 48.5 Å². The van der Waals surface area contributed by atoms with Gasteiger partial charge >= 0.3 is 5.97 Å². The van der Waals surface area contributed by atoms with Crippen LogP contribution in [0, 0.1) is 12.8 Å². The van der Waals surface area contributed by atoms with Gasteiger partial charge in [-0.3, -0.25) is 0 Å². The summed E-state index contributed by atoms with van der Waals surface area (Å²) >= 11 is 1.84. The van der Waals surface area contributed by atoms with Crippen molar-refractivity contribution in [3.63, 3.8) is 0 Å². The van der Waals surface area contributed by atoms with Crippen molar-refractivity contribution in [3.05, 3.63) is 29.3 Å². The minimum absolute atomic E-state index is 0.434. The van der Waals surface area contributed by atoms with Crippen molar-refractivity contribution in [2.24, 2.45) is 5.92 Å². The molecule has 1 aromatic rings. The maximum Gasteiger partial charge on any atom is 0.335 e. The zero-order chi connectivity index (χ0) is 13.1. The predicted molar refractivity (Wildman–Crippen MR) is 75.4 cm³/mol. The average molecular weight is 264 g/mol. The van der Waals surface area contributed by atoms with Gasteiger partial charge in [0.25, 0.3) is 0 Å². The number of hydrogen-bond donors (Lipinski definition) is 1. The van der Waals surface area contributed by atoms with Crippen molar-refractivity contribution in [1.29, 1.82) is 0 Å². The van der Waals surface area contributed by atoms with Crippen molar-refractivity contribution in [2.45, 2.75) is 49.7 Å². The summed E-state index contributed by atoms with van der Waals surface area (Å²) in [6.07, 6.45) is 5.11. The van der Waals surface area contributed by atoms with Gasteiger partial charge in [0.1, 0.15) is 0 Å². The molecule has 0 aliphatic heterocycles. The Morgan fingerprint density at radius 1 is 1.28 bits per heavy atom. The Morgan fingerprint density at radius 3 is 2.56 bits per heavy atom. The highest BCUT2D eigenvalue weighted by atomic mass is 32.2. The van der Waals surface area contributed by atoms with E-state index in [0.29, 0.717) is 10.8 Å². The van der Waals surface area contributed by atoms with E-state index in [0.717, 1.165) is 16.4 Å². The third-order valence-corrected chi connectivity index (χ3v) is 5.04. The third-order valence-electron chi connectivity index (χ3n) is 3.71. The van der Waals surface area contributed by atoms with Crippen molar-refractivity contribution >= 4 is 17.7 Å². The van der Waals surface area contributed by atoms with Crippen LogP contribution in [0.3, 0.4) is 0 Å². The summed E-state index contributed by atoms with van der Waals surface area (Å²) in [5.41, 5.74) is 1.27. The lowest BCUT2D eigenvalue weighted by Crippen LogP contribution is -2.13.